The SMILES string of the molecule is CCS(=O)(=O)c1cccc(CC(=O)NC(C(=O)O)C2CC2)c1. The molecule has 2 rings (SSSR count). The van der Waals surface area contributed by atoms with Crippen LogP contribution in [-0.2, 0) is 25.8 Å². The second-order valence-electron chi connectivity index (χ2n) is 5.45. The van der Waals surface area contributed by atoms with Gasteiger partial charge in [-0.05, 0) is 36.5 Å². The van der Waals surface area contributed by atoms with E-state index < -0.39 is 27.8 Å². The molecule has 1 saturated carbocycles. The molecule has 1 amide bonds. The molecule has 1 aliphatic rings. The first-order valence-corrected chi connectivity index (χ1v) is 8.82. The zero-order valence-electron chi connectivity index (χ0n) is 12.3. The van der Waals surface area contributed by atoms with Crippen molar-refractivity contribution >= 4 is 21.7 Å². The molecule has 0 aliphatic heterocycles. The summed E-state index contributed by atoms with van der Waals surface area (Å²) >= 11 is 0. The zero-order valence-corrected chi connectivity index (χ0v) is 13.1. The van der Waals surface area contributed by atoms with Crippen LogP contribution in [0, 0.1) is 5.92 Å². The largest absolute Gasteiger partial charge is 0.480 e. The Morgan fingerprint density at radius 2 is 2.05 bits per heavy atom. The van der Waals surface area contributed by atoms with Crippen molar-refractivity contribution in [2.75, 3.05) is 5.75 Å². The monoisotopic (exact) mass is 325 g/mol. The van der Waals surface area contributed by atoms with Crippen molar-refractivity contribution in [3.8, 4) is 0 Å². The number of hydrogen-bond donors (Lipinski definition) is 2. The van der Waals surface area contributed by atoms with Crippen molar-refractivity contribution in [3.05, 3.63) is 29.8 Å². The minimum Gasteiger partial charge on any atom is -0.480 e. The molecule has 22 heavy (non-hydrogen) atoms. The third-order valence-corrected chi connectivity index (χ3v) is 5.41. The second-order valence-corrected chi connectivity index (χ2v) is 7.73. The fourth-order valence-electron chi connectivity index (χ4n) is 2.24. The molecule has 0 saturated heterocycles. The maximum absolute atomic E-state index is 12.0. The number of amides is 1. The Morgan fingerprint density at radius 3 is 2.59 bits per heavy atom. The molecule has 0 aromatic heterocycles. The van der Waals surface area contributed by atoms with Gasteiger partial charge < -0.3 is 10.4 Å². The molecule has 120 valence electrons. The van der Waals surface area contributed by atoms with E-state index in [0.717, 1.165) is 12.8 Å². The van der Waals surface area contributed by atoms with Crippen LogP contribution in [0.15, 0.2) is 29.2 Å². The van der Waals surface area contributed by atoms with Gasteiger partial charge in [-0.3, -0.25) is 4.79 Å². The summed E-state index contributed by atoms with van der Waals surface area (Å²) in [6.07, 6.45) is 1.58. The van der Waals surface area contributed by atoms with Crippen molar-refractivity contribution in [3.63, 3.8) is 0 Å². The van der Waals surface area contributed by atoms with E-state index >= 15 is 0 Å². The highest BCUT2D eigenvalue weighted by atomic mass is 32.2. The summed E-state index contributed by atoms with van der Waals surface area (Å²) in [6, 6.07) is 5.34. The standard InChI is InChI=1S/C15H19NO5S/c1-2-22(20,21)12-5-3-4-10(8-12)9-13(17)16-14(15(18)19)11-6-7-11/h3-5,8,11,14H,2,6-7,9H2,1H3,(H,16,17)(H,18,19). The summed E-state index contributed by atoms with van der Waals surface area (Å²) in [4.78, 5) is 23.2. The third-order valence-electron chi connectivity index (χ3n) is 3.68. The predicted octanol–water partition coefficient (Wildman–Crippen LogP) is 1.00. The fourth-order valence-corrected chi connectivity index (χ4v) is 3.19. The maximum atomic E-state index is 12.0. The number of carbonyl (C=O) groups excluding carboxylic acids is 1. The molecule has 0 spiro atoms. The highest BCUT2D eigenvalue weighted by molar-refractivity contribution is 7.91. The van der Waals surface area contributed by atoms with E-state index in [0.29, 0.717) is 5.56 Å². The summed E-state index contributed by atoms with van der Waals surface area (Å²) < 4.78 is 23.7. The van der Waals surface area contributed by atoms with Crippen molar-refractivity contribution < 1.29 is 23.1 Å². The number of carboxylic acid groups (broad SMARTS) is 1. The number of nitrogens with one attached hydrogen (secondary N) is 1. The summed E-state index contributed by atoms with van der Waals surface area (Å²) in [5.74, 6) is -1.44. The average Bonchev–Trinajstić information content (AvgIpc) is 3.29. The Kier molecular flexibility index (Phi) is 4.85. The van der Waals surface area contributed by atoms with Crippen LogP contribution in [0.4, 0.5) is 0 Å². The van der Waals surface area contributed by atoms with Gasteiger partial charge in [-0.25, -0.2) is 13.2 Å². The average molecular weight is 325 g/mol. The number of carboxylic acids is 1. The van der Waals surface area contributed by atoms with Gasteiger partial charge in [0.1, 0.15) is 6.04 Å². The molecule has 1 aliphatic carbocycles. The normalized spacial score (nSPS) is 16.0. The quantitative estimate of drug-likeness (QED) is 0.779. The Balaban J connectivity index is 2.05. The molecule has 7 heteroatoms. The molecular formula is C15H19NO5S. The predicted molar refractivity (Wildman–Crippen MR) is 80.2 cm³/mol. The number of benzene rings is 1. The van der Waals surface area contributed by atoms with Gasteiger partial charge in [0, 0.05) is 0 Å². The van der Waals surface area contributed by atoms with Crippen LogP contribution in [0.25, 0.3) is 0 Å². The lowest BCUT2D eigenvalue weighted by molar-refractivity contribution is -0.142. The lowest BCUT2D eigenvalue weighted by Gasteiger charge is -2.13. The van der Waals surface area contributed by atoms with Gasteiger partial charge >= 0.3 is 5.97 Å². The lowest BCUT2D eigenvalue weighted by atomic mass is 10.1. The molecule has 1 atom stereocenters. The van der Waals surface area contributed by atoms with Crippen molar-refractivity contribution in [1.29, 1.82) is 0 Å². The van der Waals surface area contributed by atoms with Crippen LogP contribution in [0.1, 0.15) is 25.3 Å². The smallest absolute Gasteiger partial charge is 0.326 e. The van der Waals surface area contributed by atoms with Gasteiger partial charge in [0.15, 0.2) is 9.84 Å². The van der Waals surface area contributed by atoms with Gasteiger partial charge in [-0.15, -0.1) is 0 Å². The van der Waals surface area contributed by atoms with E-state index in [1.807, 2.05) is 0 Å². The van der Waals surface area contributed by atoms with Gasteiger partial charge in [-0.1, -0.05) is 19.1 Å². The van der Waals surface area contributed by atoms with Crippen molar-refractivity contribution in [2.45, 2.75) is 37.1 Å². The van der Waals surface area contributed by atoms with E-state index in [4.69, 9.17) is 5.11 Å². The van der Waals surface area contributed by atoms with Crippen LogP contribution in [0.5, 0.6) is 0 Å². The van der Waals surface area contributed by atoms with E-state index in [1.54, 1.807) is 19.1 Å². The molecule has 2 N–H and O–H groups in total. The minimum atomic E-state index is -3.32. The second kappa shape index (κ2) is 6.48. The van der Waals surface area contributed by atoms with Crippen LogP contribution < -0.4 is 5.32 Å². The number of sulfone groups is 1. The molecule has 0 bridgehead atoms. The molecule has 1 aromatic rings. The number of hydrogen-bond acceptors (Lipinski definition) is 4. The Morgan fingerprint density at radius 1 is 1.36 bits per heavy atom. The van der Waals surface area contributed by atoms with Crippen LogP contribution in [0.3, 0.4) is 0 Å². The Bertz CT molecular complexity index is 679. The van der Waals surface area contributed by atoms with Crippen molar-refractivity contribution in [1.82, 2.24) is 5.32 Å². The van der Waals surface area contributed by atoms with Crippen LogP contribution >= 0.6 is 0 Å². The van der Waals surface area contributed by atoms with Gasteiger partial charge in [0.25, 0.3) is 0 Å². The first kappa shape index (κ1) is 16.5. The highest BCUT2D eigenvalue weighted by Crippen LogP contribution is 2.32. The molecule has 1 unspecified atom stereocenters. The highest BCUT2D eigenvalue weighted by Gasteiger charge is 2.37. The Hall–Kier alpha value is -1.89. The van der Waals surface area contributed by atoms with E-state index in [-0.39, 0.29) is 23.0 Å². The van der Waals surface area contributed by atoms with E-state index in [1.165, 1.54) is 12.1 Å². The third kappa shape index (κ3) is 4.07. The molecule has 0 heterocycles. The molecule has 6 nitrogen and oxygen atoms in total. The van der Waals surface area contributed by atoms with Gasteiger partial charge in [-0.2, -0.15) is 0 Å². The van der Waals surface area contributed by atoms with Crippen LogP contribution in [0.2, 0.25) is 0 Å². The van der Waals surface area contributed by atoms with Gasteiger partial charge in [0.2, 0.25) is 5.91 Å². The zero-order chi connectivity index (χ0) is 16.3. The van der Waals surface area contributed by atoms with Crippen molar-refractivity contribution in [2.24, 2.45) is 5.92 Å². The number of rotatable bonds is 7. The van der Waals surface area contributed by atoms with E-state index in [2.05, 4.69) is 5.32 Å². The lowest BCUT2D eigenvalue weighted by Crippen LogP contribution is -2.43. The maximum Gasteiger partial charge on any atom is 0.326 e. The summed E-state index contributed by atoms with van der Waals surface area (Å²) in [7, 11) is -3.32. The summed E-state index contributed by atoms with van der Waals surface area (Å²) in [6.45, 7) is 1.56. The first-order valence-electron chi connectivity index (χ1n) is 7.17. The molecule has 1 aromatic carbocycles. The Labute approximate surface area is 129 Å². The summed E-state index contributed by atoms with van der Waals surface area (Å²) in [5, 5.41) is 11.6. The number of aliphatic carboxylic acids is 1. The van der Waals surface area contributed by atoms with E-state index in [9.17, 15) is 18.0 Å². The molecule has 0 radical (unpaired) electrons. The summed E-state index contributed by atoms with van der Waals surface area (Å²) in [5.41, 5.74) is 0.548. The topological polar surface area (TPSA) is 101 Å². The fraction of sp³-hybridized carbons (Fsp3) is 0.467. The molecular weight excluding hydrogens is 306 g/mol. The number of carbonyl (C=O) groups is 2. The molecule has 1 fully saturated rings. The first-order chi connectivity index (χ1) is 10.3. The minimum absolute atomic E-state index is 0.00764. The van der Waals surface area contributed by atoms with Crippen LogP contribution in [-0.4, -0.2) is 37.2 Å². The van der Waals surface area contributed by atoms with Gasteiger partial charge in [0.05, 0.1) is 17.1 Å².